The SMILES string of the molecule is CC(C)c1ccc(/C=C\C(=O)Nc2cccc(Cl)c2Cl)cc1. The van der Waals surface area contributed by atoms with Gasteiger partial charge in [0, 0.05) is 6.08 Å². The molecule has 0 bridgehead atoms. The quantitative estimate of drug-likeness (QED) is 0.707. The third-order valence-electron chi connectivity index (χ3n) is 3.24. The largest absolute Gasteiger partial charge is 0.321 e. The summed E-state index contributed by atoms with van der Waals surface area (Å²) in [6.07, 6.45) is 3.24. The number of hydrogen-bond acceptors (Lipinski definition) is 1. The third kappa shape index (κ3) is 4.36. The van der Waals surface area contributed by atoms with E-state index in [4.69, 9.17) is 23.2 Å². The summed E-state index contributed by atoms with van der Waals surface area (Å²) in [5.41, 5.74) is 2.74. The van der Waals surface area contributed by atoms with Crippen molar-refractivity contribution in [3.63, 3.8) is 0 Å². The molecule has 4 heteroatoms. The predicted molar refractivity (Wildman–Crippen MR) is 94.7 cm³/mol. The first-order chi connectivity index (χ1) is 10.5. The lowest BCUT2D eigenvalue weighted by molar-refractivity contribution is -0.111. The Kier molecular flexibility index (Phi) is 5.64. The molecule has 0 unspecified atom stereocenters. The first-order valence-corrected chi connectivity index (χ1v) is 7.76. The first kappa shape index (κ1) is 16.6. The van der Waals surface area contributed by atoms with Gasteiger partial charge in [-0.1, -0.05) is 67.4 Å². The lowest BCUT2D eigenvalue weighted by atomic mass is 10.0. The number of nitrogens with one attached hydrogen (secondary N) is 1. The Morgan fingerprint density at radius 2 is 1.77 bits per heavy atom. The molecule has 1 amide bonds. The van der Waals surface area contributed by atoms with Gasteiger partial charge in [-0.2, -0.15) is 0 Å². The molecule has 2 aromatic rings. The van der Waals surface area contributed by atoms with Gasteiger partial charge in [-0.3, -0.25) is 4.79 Å². The average Bonchev–Trinajstić information content (AvgIpc) is 2.50. The van der Waals surface area contributed by atoms with Crippen LogP contribution < -0.4 is 5.32 Å². The minimum atomic E-state index is -0.253. The highest BCUT2D eigenvalue weighted by molar-refractivity contribution is 6.44. The molecule has 0 radical (unpaired) electrons. The molecular weight excluding hydrogens is 317 g/mol. The number of carbonyl (C=O) groups excluding carboxylic acids is 1. The zero-order valence-electron chi connectivity index (χ0n) is 12.4. The maximum atomic E-state index is 11.9. The summed E-state index contributed by atoms with van der Waals surface area (Å²) in [6, 6.07) is 13.2. The Hall–Kier alpha value is -1.77. The van der Waals surface area contributed by atoms with Gasteiger partial charge in [0.2, 0.25) is 5.91 Å². The molecule has 22 heavy (non-hydrogen) atoms. The second-order valence-electron chi connectivity index (χ2n) is 5.25. The minimum absolute atomic E-state index is 0.253. The molecule has 0 saturated heterocycles. The standard InChI is InChI=1S/C18H17Cl2NO/c1-12(2)14-9-6-13(7-10-14)8-11-17(22)21-16-5-3-4-15(19)18(16)20/h3-12H,1-2H3,(H,21,22)/b11-8-. The summed E-state index contributed by atoms with van der Waals surface area (Å²) in [5.74, 6) is 0.239. The molecule has 2 aromatic carbocycles. The second kappa shape index (κ2) is 7.48. The third-order valence-corrected chi connectivity index (χ3v) is 4.06. The summed E-state index contributed by atoms with van der Waals surface area (Å²) in [6.45, 7) is 4.29. The number of rotatable bonds is 4. The highest BCUT2D eigenvalue weighted by atomic mass is 35.5. The van der Waals surface area contributed by atoms with Gasteiger partial charge in [0.1, 0.15) is 0 Å². The first-order valence-electron chi connectivity index (χ1n) is 7.00. The molecule has 0 fully saturated rings. The highest BCUT2D eigenvalue weighted by Gasteiger charge is 2.06. The van der Waals surface area contributed by atoms with Crippen LogP contribution in [0.25, 0.3) is 6.08 Å². The van der Waals surface area contributed by atoms with Crippen molar-refractivity contribution in [3.05, 3.63) is 69.7 Å². The molecule has 0 heterocycles. The Bertz CT molecular complexity index is 691. The van der Waals surface area contributed by atoms with Gasteiger partial charge in [-0.25, -0.2) is 0 Å². The summed E-state index contributed by atoms with van der Waals surface area (Å²) in [4.78, 5) is 11.9. The van der Waals surface area contributed by atoms with E-state index < -0.39 is 0 Å². The van der Waals surface area contributed by atoms with Crippen molar-refractivity contribution in [2.45, 2.75) is 19.8 Å². The van der Waals surface area contributed by atoms with Crippen LogP contribution in [0.4, 0.5) is 5.69 Å². The second-order valence-corrected chi connectivity index (χ2v) is 6.03. The van der Waals surface area contributed by atoms with Gasteiger partial charge in [0.15, 0.2) is 0 Å². The number of carbonyl (C=O) groups is 1. The van der Waals surface area contributed by atoms with Gasteiger partial charge in [-0.15, -0.1) is 0 Å². The van der Waals surface area contributed by atoms with Crippen LogP contribution in [-0.2, 0) is 4.79 Å². The van der Waals surface area contributed by atoms with Gasteiger partial charge < -0.3 is 5.32 Å². The number of benzene rings is 2. The molecule has 0 aliphatic carbocycles. The van der Waals surface area contributed by atoms with Gasteiger partial charge >= 0.3 is 0 Å². The monoisotopic (exact) mass is 333 g/mol. The van der Waals surface area contributed by atoms with Gasteiger partial charge in [0.05, 0.1) is 15.7 Å². The van der Waals surface area contributed by atoms with Gasteiger partial charge in [0.25, 0.3) is 0 Å². The van der Waals surface area contributed by atoms with Crippen molar-refractivity contribution in [1.82, 2.24) is 0 Å². The molecule has 0 aliphatic rings. The fourth-order valence-electron chi connectivity index (χ4n) is 1.94. The molecular formula is C18H17Cl2NO. The van der Waals surface area contributed by atoms with Crippen molar-refractivity contribution in [2.75, 3.05) is 5.32 Å². The van der Waals surface area contributed by atoms with Crippen LogP contribution in [-0.4, -0.2) is 5.91 Å². The van der Waals surface area contributed by atoms with Crippen molar-refractivity contribution in [1.29, 1.82) is 0 Å². The summed E-state index contributed by atoms with van der Waals surface area (Å²) in [7, 11) is 0. The number of halogens is 2. The molecule has 114 valence electrons. The zero-order chi connectivity index (χ0) is 16.1. The van der Waals surface area contributed by atoms with Crippen LogP contribution in [0.1, 0.15) is 30.9 Å². The zero-order valence-corrected chi connectivity index (χ0v) is 13.9. The van der Waals surface area contributed by atoms with E-state index in [1.807, 2.05) is 12.1 Å². The van der Waals surface area contributed by atoms with Crippen LogP contribution >= 0.6 is 23.2 Å². The molecule has 0 spiro atoms. The maximum Gasteiger partial charge on any atom is 0.248 e. The average molecular weight is 334 g/mol. The van der Waals surface area contributed by atoms with E-state index in [1.165, 1.54) is 11.6 Å². The summed E-state index contributed by atoms with van der Waals surface area (Å²) in [5, 5.41) is 3.46. The Balaban J connectivity index is 2.03. The molecule has 0 atom stereocenters. The highest BCUT2D eigenvalue weighted by Crippen LogP contribution is 2.29. The van der Waals surface area contributed by atoms with Crippen LogP contribution in [0, 0.1) is 0 Å². The van der Waals surface area contributed by atoms with E-state index in [2.05, 4.69) is 31.3 Å². The van der Waals surface area contributed by atoms with Crippen molar-refractivity contribution < 1.29 is 4.79 Å². The Labute approximate surface area is 140 Å². The smallest absolute Gasteiger partial charge is 0.248 e. The molecule has 2 nitrogen and oxygen atoms in total. The predicted octanol–water partition coefficient (Wildman–Crippen LogP) is 5.77. The van der Waals surface area contributed by atoms with E-state index >= 15 is 0 Å². The summed E-state index contributed by atoms with van der Waals surface area (Å²) >= 11 is 11.9. The molecule has 0 aromatic heterocycles. The molecule has 1 N–H and O–H groups in total. The van der Waals surface area contributed by atoms with E-state index in [1.54, 1.807) is 24.3 Å². The molecule has 0 aliphatic heterocycles. The molecule has 0 saturated carbocycles. The maximum absolute atomic E-state index is 11.9. The lowest BCUT2D eigenvalue weighted by Gasteiger charge is -2.06. The number of hydrogen-bond donors (Lipinski definition) is 1. The van der Waals surface area contributed by atoms with Crippen molar-refractivity contribution >= 4 is 40.9 Å². The van der Waals surface area contributed by atoms with Crippen LogP contribution in [0.5, 0.6) is 0 Å². The van der Waals surface area contributed by atoms with Gasteiger partial charge in [-0.05, 0) is 35.3 Å². The summed E-state index contributed by atoms with van der Waals surface area (Å²) < 4.78 is 0. The van der Waals surface area contributed by atoms with E-state index in [9.17, 15) is 4.79 Å². The van der Waals surface area contributed by atoms with E-state index in [0.29, 0.717) is 21.7 Å². The van der Waals surface area contributed by atoms with Crippen LogP contribution in [0.2, 0.25) is 10.0 Å². The van der Waals surface area contributed by atoms with Crippen molar-refractivity contribution in [2.24, 2.45) is 0 Å². The fourth-order valence-corrected chi connectivity index (χ4v) is 2.29. The van der Waals surface area contributed by atoms with Crippen molar-refractivity contribution in [3.8, 4) is 0 Å². The topological polar surface area (TPSA) is 29.1 Å². The number of amides is 1. The molecule has 2 rings (SSSR count). The fraction of sp³-hybridized carbons (Fsp3) is 0.167. The van der Waals surface area contributed by atoms with E-state index in [0.717, 1.165) is 5.56 Å². The Morgan fingerprint density at radius 3 is 2.41 bits per heavy atom. The van der Waals surface area contributed by atoms with E-state index in [-0.39, 0.29) is 5.91 Å². The van der Waals surface area contributed by atoms with Crippen LogP contribution in [0.15, 0.2) is 48.5 Å². The minimum Gasteiger partial charge on any atom is -0.321 e. The normalized spacial score (nSPS) is 11.1. The lowest BCUT2D eigenvalue weighted by Crippen LogP contribution is -2.08. The van der Waals surface area contributed by atoms with Crippen LogP contribution in [0.3, 0.4) is 0 Å². The number of anilines is 1. The Morgan fingerprint density at radius 1 is 1.09 bits per heavy atom.